The third kappa shape index (κ3) is 4.52. The monoisotopic (exact) mass is 436 g/mol. The first-order valence-corrected chi connectivity index (χ1v) is 11.2. The predicted molar refractivity (Wildman–Crippen MR) is 120 cm³/mol. The first kappa shape index (κ1) is 20.7. The zero-order chi connectivity index (χ0) is 21.9. The van der Waals surface area contributed by atoms with Crippen molar-refractivity contribution < 1.29 is 14.3 Å². The van der Waals surface area contributed by atoms with Gasteiger partial charge >= 0.3 is 0 Å². The lowest BCUT2D eigenvalue weighted by Gasteiger charge is -2.31. The molecule has 168 valence electrons. The number of hydrogen-bond donors (Lipinski definition) is 2. The molecular weight excluding hydrogens is 408 g/mol. The molecule has 0 atom stereocenters. The lowest BCUT2D eigenvalue weighted by Crippen LogP contribution is -2.40. The Labute approximate surface area is 186 Å². The maximum Gasteiger partial charge on any atom is 0.271 e. The van der Waals surface area contributed by atoms with E-state index in [-0.39, 0.29) is 18.1 Å². The van der Waals surface area contributed by atoms with Crippen LogP contribution in [0.5, 0.6) is 5.75 Å². The Morgan fingerprint density at radius 1 is 1.12 bits per heavy atom. The van der Waals surface area contributed by atoms with Crippen LogP contribution < -0.4 is 15.0 Å². The van der Waals surface area contributed by atoms with Gasteiger partial charge in [-0.05, 0) is 44.7 Å². The van der Waals surface area contributed by atoms with Gasteiger partial charge in [-0.25, -0.2) is 4.98 Å². The van der Waals surface area contributed by atoms with E-state index in [4.69, 9.17) is 9.47 Å². The molecule has 2 aliphatic rings. The molecule has 1 aromatic carbocycles. The van der Waals surface area contributed by atoms with Gasteiger partial charge in [-0.2, -0.15) is 5.10 Å². The van der Waals surface area contributed by atoms with E-state index in [1.165, 1.54) is 0 Å². The molecule has 3 aromatic rings. The average molecular weight is 437 g/mol. The highest BCUT2D eigenvalue weighted by Gasteiger charge is 2.26. The van der Waals surface area contributed by atoms with E-state index < -0.39 is 0 Å². The highest BCUT2D eigenvalue weighted by atomic mass is 16.5. The number of carbonyl (C=O) groups is 1. The summed E-state index contributed by atoms with van der Waals surface area (Å²) in [7, 11) is 0. The minimum absolute atomic E-state index is 0.0842. The Morgan fingerprint density at radius 3 is 2.66 bits per heavy atom. The van der Waals surface area contributed by atoms with Gasteiger partial charge in [-0.3, -0.25) is 14.9 Å². The van der Waals surface area contributed by atoms with Crippen LogP contribution in [-0.4, -0.2) is 64.5 Å². The number of nitrogens with zero attached hydrogens (tertiary/aromatic N) is 4. The van der Waals surface area contributed by atoms with Crippen molar-refractivity contribution in [3.8, 4) is 5.75 Å². The first-order valence-electron chi connectivity index (χ1n) is 11.2. The van der Waals surface area contributed by atoms with Gasteiger partial charge in [0.25, 0.3) is 5.91 Å². The maximum atomic E-state index is 12.4. The van der Waals surface area contributed by atoms with Crippen molar-refractivity contribution in [2.24, 2.45) is 0 Å². The fraction of sp³-hybridized carbons (Fsp3) is 0.478. The number of benzene rings is 1. The molecule has 3 heterocycles. The number of aromatic amines is 1. The first-order chi connectivity index (χ1) is 15.7. The lowest BCUT2D eigenvalue weighted by atomic mass is 9.92. The quantitative estimate of drug-likeness (QED) is 0.633. The Bertz CT molecular complexity index is 1090. The highest BCUT2D eigenvalue weighted by molar-refractivity contribution is 5.92. The number of H-pyrrole nitrogens is 1. The summed E-state index contributed by atoms with van der Waals surface area (Å²) >= 11 is 0. The van der Waals surface area contributed by atoms with E-state index in [1.807, 2.05) is 6.92 Å². The SMILES string of the molecule is Cc1cc(C(=O)NC2CCC(Oc3cc(N4CCOCC4)cc4nccnc34)CC2)n[nH]1. The standard InChI is InChI=1S/C23H28N6O3/c1-15-12-20(28-27-15)23(30)26-16-2-4-18(5-3-16)32-21-14-17(29-8-10-31-11-9-29)13-19-22(21)25-7-6-24-19/h6-7,12-14,16,18H,2-5,8-11H2,1H3,(H,26,30)(H,27,28). The van der Waals surface area contributed by atoms with Crippen LogP contribution in [0.3, 0.4) is 0 Å². The Morgan fingerprint density at radius 2 is 1.91 bits per heavy atom. The normalized spacial score (nSPS) is 21.5. The van der Waals surface area contributed by atoms with Gasteiger partial charge in [0, 0.05) is 49.0 Å². The van der Waals surface area contributed by atoms with E-state index in [0.717, 1.165) is 80.2 Å². The second-order valence-corrected chi connectivity index (χ2v) is 8.47. The zero-order valence-electron chi connectivity index (χ0n) is 18.2. The second-order valence-electron chi connectivity index (χ2n) is 8.47. The molecule has 2 fully saturated rings. The van der Waals surface area contributed by atoms with Crippen molar-refractivity contribution >= 4 is 22.6 Å². The van der Waals surface area contributed by atoms with Gasteiger partial charge in [0.2, 0.25) is 0 Å². The molecule has 1 saturated heterocycles. The van der Waals surface area contributed by atoms with Crippen molar-refractivity contribution in [3.63, 3.8) is 0 Å². The van der Waals surface area contributed by atoms with Gasteiger partial charge in [0.05, 0.1) is 24.8 Å². The van der Waals surface area contributed by atoms with Crippen LogP contribution in [-0.2, 0) is 4.74 Å². The number of hydrogen-bond acceptors (Lipinski definition) is 7. The van der Waals surface area contributed by atoms with Gasteiger partial charge < -0.3 is 19.7 Å². The molecule has 0 bridgehead atoms. The molecule has 0 unspecified atom stereocenters. The van der Waals surface area contributed by atoms with Crippen molar-refractivity contribution in [2.45, 2.75) is 44.8 Å². The van der Waals surface area contributed by atoms with Crippen LogP contribution in [0.4, 0.5) is 5.69 Å². The Kier molecular flexibility index (Phi) is 5.89. The van der Waals surface area contributed by atoms with E-state index in [0.29, 0.717) is 5.69 Å². The number of rotatable bonds is 5. The van der Waals surface area contributed by atoms with Gasteiger partial charge in [-0.15, -0.1) is 0 Å². The fourth-order valence-corrected chi connectivity index (χ4v) is 4.42. The maximum absolute atomic E-state index is 12.4. The minimum Gasteiger partial charge on any atom is -0.488 e. The van der Waals surface area contributed by atoms with Crippen LogP contribution in [0.25, 0.3) is 11.0 Å². The number of fused-ring (bicyclic) bond motifs is 1. The van der Waals surface area contributed by atoms with Crippen molar-refractivity contribution in [1.29, 1.82) is 0 Å². The molecular formula is C23H28N6O3. The van der Waals surface area contributed by atoms with Crippen LogP contribution in [0, 0.1) is 6.92 Å². The average Bonchev–Trinajstić information content (AvgIpc) is 3.27. The number of ether oxygens (including phenoxy) is 2. The van der Waals surface area contributed by atoms with E-state index in [2.05, 4.69) is 42.5 Å². The van der Waals surface area contributed by atoms with Crippen LogP contribution in [0.2, 0.25) is 0 Å². The number of anilines is 1. The summed E-state index contributed by atoms with van der Waals surface area (Å²) < 4.78 is 11.9. The molecule has 1 aliphatic carbocycles. The molecule has 0 spiro atoms. The van der Waals surface area contributed by atoms with Crippen LogP contribution in [0.1, 0.15) is 41.9 Å². The summed E-state index contributed by atoms with van der Waals surface area (Å²) in [5.41, 5.74) is 4.02. The number of morpholine rings is 1. The molecule has 1 aliphatic heterocycles. The molecule has 0 radical (unpaired) electrons. The molecule has 2 N–H and O–H groups in total. The summed E-state index contributed by atoms with van der Waals surface area (Å²) in [5, 5.41) is 9.95. The molecule has 2 aromatic heterocycles. The summed E-state index contributed by atoms with van der Waals surface area (Å²) in [6, 6.07) is 6.05. The number of aromatic nitrogens is 4. The summed E-state index contributed by atoms with van der Waals surface area (Å²) in [5.74, 6) is 0.648. The van der Waals surface area contributed by atoms with E-state index >= 15 is 0 Å². The van der Waals surface area contributed by atoms with Gasteiger partial charge in [0.15, 0.2) is 0 Å². The number of amides is 1. The van der Waals surface area contributed by atoms with Gasteiger partial charge in [-0.1, -0.05) is 0 Å². The fourth-order valence-electron chi connectivity index (χ4n) is 4.42. The van der Waals surface area contributed by atoms with Crippen molar-refractivity contribution in [3.05, 3.63) is 42.0 Å². The number of aryl methyl sites for hydroxylation is 1. The highest BCUT2D eigenvalue weighted by Crippen LogP contribution is 2.33. The van der Waals surface area contributed by atoms with Crippen LogP contribution in [0.15, 0.2) is 30.6 Å². The smallest absolute Gasteiger partial charge is 0.271 e. The second kappa shape index (κ2) is 9.12. The number of nitrogens with one attached hydrogen (secondary N) is 2. The Balaban J connectivity index is 1.25. The summed E-state index contributed by atoms with van der Waals surface area (Å²) in [6.07, 6.45) is 6.97. The molecule has 1 amide bonds. The van der Waals surface area contributed by atoms with Crippen molar-refractivity contribution in [2.75, 3.05) is 31.2 Å². The van der Waals surface area contributed by atoms with Gasteiger partial charge in [0.1, 0.15) is 17.0 Å². The predicted octanol–water partition coefficient (Wildman–Crippen LogP) is 2.62. The molecule has 32 heavy (non-hydrogen) atoms. The largest absolute Gasteiger partial charge is 0.488 e. The topological polar surface area (TPSA) is 105 Å². The molecule has 5 rings (SSSR count). The summed E-state index contributed by atoms with van der Waals surface area (Å²) in [6.45, 7) is 5.04. The third-order valence-electron chi connectivity index (χ3n) is 6.14. The molecule has 1 saturated carbocycles. The Hall–Kier alpha value is -3.20. The third-order valence-corrected chi connectivity index (χ3v) is 6.14. The van der Waals surface area contributed by atoms with E-state index in [9.17, 15) is 4.79 Å². The summed E-state index contributed by atoms with van der Waals surface area (Å²) in [4.78, 5) is 23.7. The molecule has 9 nitrogen and oxygen atoms in total. The number of carbonyl (C=O) groups excluding carboxylic acids is 1. The zero-order valence-corrected chi connectivity index (χ0v) is 18.2. The van der Waals surface area contributed by atoms with Crippen molar-refractivity contribution in [1.82, 2.24) is 25.5 Å². The molecule has 9 heteroatoms. The van der Waals surface area contributed by atoms with Crippen LogP contribution >= 0.6 is 0 Å². The lowest BCUT2D eigenvalue weighted by molar-refractivity contribution is 0.0890. The minimum atomic E-state index is -0.127. The van der Waals surface area contributed by atoms with E-state index in [1.54, 1.807) is 18.5 Å².